The monoisotopic (exact) mass is 789 g/mol. The maximum absolute atomic E-state index is 13.0. The normalized spacial score (nSPS) is 11.5. The third kappa shape index (κ3) is 25.4. The van der Waals surface area contributed by atoms with Gasteiger partial charge in [-0.3, -0.25) is 4.79 Å². The SMILES string of the molecule is CCCCCCC(=O)OCCOCCOCCOCCOCCOCCOCCOCCOCCOC(=O)c1ccccc1Nc1cccc(C(F)(F)F)c1. The highest BCUT2D eigenvalue weighted by atomic mass is 19.4. The van der Waals surface area contributed by atoms with Gasteiger partial charge in [0.15, 0.2) is 0 Å². The average Bonchev–Trinajstić information content (AvgIpc) is 3.17. The number of para-hydroxylation sites is 1. The lowest BCUT2D eigenvalue weighted by Crippen LogP contribution is -2.16. The minimum Gasteiger partial charge on any atom is -0.463 e. The Kier molecular flexibility index (Phi) is 27.6. The molecule has 2 rings (SSSR count). The lowest BCUT2D eigenvalue weighted by molar-refractivity contribution is -0.145. The summed E-state index contributed by atoms with van der Waals surface area (Å²) in [4.78, 5) is 24.1. The molecule has 0 saturated carbocycles. The van der Waals surface area contributed by atoms with E-state index in [1.165, 1.54) is 18.2 Å². The summed E-state index contributed by atoms with van der Waals surface area (Å²) < 4.78 is 93.1. The van der Waals surface area contributed by atoms with Crippen LogP contribution in [0.15, 0.2) is 48.5 Å². The van der Waals surface area contributed by atoms with E-state index in [-0.39, 0.29) is 37.0 Å². The van der Waals surface area contributed by atoms with Crippen LogP contribution < -0.4 is 5.32 Å². The third-order valence-electron chi connectivity index (χ3n) is 7.41. The van der Waals surface area contributed by atoms with Crippen LogP contribution in [0.4, 0.5) is 24.5 Å². The first-order valence-corrected chi connectivity index (χ1v) is 18.8. The van der Waals surface area contributed by atoms with Gasteiger partial charge in [0.05, 0.1) is 123 Å². The Hall–Kier alpha value is -3.35. The molecule has 2 aromatic carbocycles. The Labute approximate surface area is 322 Å². The van der Waals surface area contributed by atoms with Gasteiger partial charge in [-0.2, -0.15) is 13.2 Å². The van der Waals surface area contributed by atoms with Gasteiger partial charge in [0.2, 0.25) is 0 Å². The highest BCUT2D eigenvalue weighted by Crippen LogP contribution is 2.32. The molecule has 0 radical (unpaired) electrons. The van der Waals surface area contributed by atoms with Crippen molar-refractivity contribution in [1.82, 2.24) is 0 Å². The quantitative estimate of drug-likeness (QED) is 0.0623. The number of rotatable bonds is 35. The van der Waals surface area contributed by atoms with E-state index in [2.05, 4.69) is 12.2 Å². The largest absolute Gasteiger partial charge is 0.463 e. The van der Waals surface area contributed by atoms with Crippen molar-refractivity contribution >= 4 is 23.3 Å². The second-order valence-corrected chi connectivity index (χ2v) is 11.8. The van der Waals surface area contributed by atoms with E-state index in [4.69, 9.17) is 47.4 Å². The Morgan fingerprint density at radius 1 is 0.545 bits per heavy atom. The van der Waals surface area contributed by atoms with Crippen molar-refractivity contribution in [3.8, 4) is 0 Å². The molecule has 2 aromatic rings. The van der Waals surface area contributed by atoms with Crippen LogP contribution in [0.25, 0.3) is 0 Å². The molecule has 0 bridgehead atoms. The van der Waals surface area contributed by atoms with E-state index in [1.54, 1.807) is 18.2 Å². The smallest absolute Gasteiger partial charge is 0.416 e. The van der Waals surface area contributed by atoms with Crippen LogP contribution in [0.5, 0.6) is 0 Å². The molecule has 0 unspecified atom stereocenters. The number of carbonyl (C=O) groups is 2. The van der Waals surface area contributed by atoms with E-state index in [0.29, 0.717) is 111 Å². The number of nitrogens with one attached hydrogen (secondary N) is 1. The summed E-state index contributed by atoms with van der Waals surface area (Å²) >= 11 is 0. The first kappa shape index (κ1) is 47.8. The zero-order chi connectivity index (χ0) is 39.7. The van der Waals surface area contributed by atoms with Crippen molar-refractivity contribution in [2.24, 2.45) is 0 Å². The van der Waals surface area contributed by atoms with Gasteiger partial charge in [0, 0.05) is 12.1 Å². The molecule has 0 aromatic heterocycles. The summed E-state index contributed by atoms with van der Waals surface area (Å²) in [7, 11) is 0. The fourth-order valence-corrected chi connectivity index (χ4v) is 4.59. The van der Waals surface area contributed by atoms with Crippen molar-refractivity contribution < 1.29 is 70.1 Å². The number of hydrogen-bond acceptors (Lipinski definition) is 13. The van der Waals surface area contributed by atoms with E-state index in [9.17, 15) is 22.8 Å². The minimum atomic E-state index is -4.48. The number of esters is 2. The number of ether oxygens (including phenoxy) is 10. The zero-order valence-corrected chi connectivity index (χ0v) is 31.9. The van der Waals surface area contributed by atoms with Crippen molar-refractivity contribution in [3.05, 3.63) is 59.7 Å². The van der Waals surface area contributed by atoms with E-state index >= 15 is 0 Å². The van der Waals surface area contributed by atoms with Crippen LogP contribution in [-0.4, -0.2) is 131 Å². The van der Waals surface area contributed by atoms with Crippen LogP contribution in [-0.2, 0) is 58.3 Å². The zero-order valence-electron chi connectivity index (χ0n) is 31.9. The van der Waals surface area contributed by atoms with E-state index < -0.39 is 17.7 Å². The standard InChI is InChI=1S/C39H58F3NO12/c1-2-3-4-5-13-37(44)54-30-28-52-26-24-50-22-20-48-18-16-46-14-15-47-17-19-49-21-23-51-25-27-53-29-31-55-38(45)35-11-6-7-12-36(35)43-34-10-8-9-33(32-34)39(40,41)42/h6-12,32,43H,2-5,13-31H2,1H3. The Bertz CT molecular complexity index is 1270. The molecular weight excluding hydrogens is 731 g/mol. The first-order chi connectivity index (χ1) is 26.8. The van der Waals surface area contributed by atoms with E-state index in [1.807, 2.05) is 0 Å². The first-order valence-electron chi connectivity index (χ1n) is 18.8. The summed E-state index contributed by atoms with van der Waals surface area (Å²) in [6, 6.07) is 11.1. The molecule has 0 atom stereocenters. The summed E-state index contributed by atoms with van der Waals surface area (Å²) in [6.45, 7) is 8.73. The highest BCUT2D eigenvalue weighted by Gasteiger charge is 2.30. The summed E-state index contributed by atoms with van der Waals surface area (Å²) in [5, 5.41) is 2.86. The lowest BCUT2D eigenvalue weighted by Gasteiger charge is -2.13. The third-order valence-corrected chi connectivity index (χ3v) is 7.41. The maximum Gasteiger partial charge on any atom is 0.416 e. The van der Waals surface area contributed by atoms with Crippen LogP contribution >= 0.6 is 0 Å². The van der Waals surface area contributed by atoms with Gasteiger partial charge in [-0.15, -0.1) is 0 Å². The fraction of sp³-hybridized carbons (Fsp3) is 0.641. The molecule has 0 aliphatic heterocycles. The predicted molar refractivity (Wildman–Crippen MR) is 198 cm³/mol. The summed E-state index contributed by atoms with van der Waals surface area (Å²) in [6.07, 6.45) is 0.198. The van der Waals surface area contributed by atoms with E-state index in [0.717, 1.165) is 37.8 Å². The minimum absolute atomic E-state index is 0.00538. The fourth-order valence-electron chi connectivity index (χ4n) is 4.59. The number of carbonyl (C=O) groups excluding carboxylic acids is 2. The molecule has 16 heteroatoms. The van der Waals surface area contributed by atoms with Gasteiger partial charge in [0.25, 0.3) is 0 Å². The van der Waals surface area contributed by atoms with Crippen LogP contribution in [0.1, 0.15) is 54.9 Å². The molecule has 0 aliphatic rings. The van der Waals surface area contributed by atoms with Gasteiger partial charge in [-0.05, 0) is 36.8 Å². The topological polar surface area (TPSA) is 138 Å². The summed E-state index contributed by atoms with van der Waals surface area (Å²) in [5.74, 6) is -0.802. The van der Waals surface area contributed by atoms with Crippen LogP contribution in [0, 0.1) is 0 Å². The number of alkyl halides is 3. The molecule has 0 saturated heterocycles. The molecular formula is C39H58F3NO12. The number of unbranched alkanes of at least 4 members (excludes halogenated alkanes) is 3. The molecule has 312 valence electrons. The Balaban J connectivity index is 1.29. The average molecular weight is 790 g/mol. The molecule has 0 fully saturated rings. The molecule has 0 spiro atoms. The number of anilines is 2. The van der Waals surface area contributed by atoms with Crippen LogP contribution in [0.2, 0.25) is 0 Å². The number of halogens is 3. The number of benzene rings is 2. The Morgan fingerprint density at radius 3 is 1.47 bits per heavy atom. The van der Waals surface area contributed by atoms with Crippen molar-refractivity contribution in [2.45, 2.75) is 45.2 Å². The molecule has 55 heavy (non-hydrogen) atoms. The molecule has 1 N–H and O–H groups in total. The van der Waals surface area contributed by atoms with Crippen molar-refractivity contribution in [3.63, 3.8) is 0 Å². The molecule has 0 amide bonds. The maximum atomic E-state index is 13.0. The Morgan fingerprint density at radius 2 is 1.00 bits per heavy atom. The van der Waals surface area contributed by atoms with Gasteiger partial charge < -0.3 is 52.7 Å². The number of hydrogen-bond donors (Lipinski definition) is 1. The lowest BCUT2D eigenvalue weighted by atomic mass is 10.1. The second kappa shape index (κ2) is 31.8. The molecule has 0 aliphatic carbocycles. The predicted octanol–water partition coefficient (Wildman–Crippen LogP) is 6.25. The molecule has 13 nitrogen and oxygen atoms in total. The van der Waals surface area contributed by atoms with Gasteiger partial charge in [-0.1, -0.05) is 44.4 Å². The second-order valence-electron chi connectivity index (χ2n) is 11.8. The highest BCUT2D eigenvalue weighted by molar-refractivity contribution is 5.96. The van der Waals surface area contributed by atoms with Crippen LogP contribution in [0.3, 0.4) is 0 Å². The van der Waals surface area contributed by atoms with Gasteiger partial charge in [-0.25, -0.2) is 4.79 Å². The van der Waals surface area contributed by atoms with Gasteiger partial charge >= 0.3 is 18.1 Å². The molecule has 0 heterocycles. The van der Waals surface area contributed by atoms with Gasteiger partial charge in [0.1, 0.15) is 13.2 Å². The summed E-state index contributed by atoms with van der Waals surface area (Å²) in [5.41, 5.74) is -0.100. The van der Waals surface area contributed by atoms with Crippen molar-refractivity contribution in [1.29, 1.82) is 0 Å². The van der Waals surface area contributed by atoms with Crippen molar-refractivity contribution in [2.75, 3.05) is 124 Å².